The van der Waals surface area contributed by atoms with Crippen molar-refractivity contribution < 1.29 is 4.74 Å². The van der Waals surface area contributed by atoms with Gasteiger partial charge in [0.2, 0.25) is 0 Å². The maximum atomic E-state index is 5.68. The smallest absolute Gasteiger partial charge is 0.182 e. The number of anilines is 1. The zero-order valence-corrected chi connectivity index (χ0v) is 12.3. The van der Waals surface area contributed by atoms with E-state index in [4.69, 9.17) is 10.5 Å². The van der Waals surface area contributed by atoms with Crippen molar-refractivity contribution in [1.82, 2.24) is 20.2 Å². The highest BCUT2D eigenvalue weighted by atomic mass is 16.5. The van der Waals surface area contributed by atoms with Crippen molar-refractivity contribution in [2.24, 2.45) is 0 Å². The number of aromatic nitrogens is 4. The molecule has 0 aliphatic heterocycles. The van der Waals surface area contributed by atoms with Gasteiger partial charge in [0, 0.05) is 11.3 Å². The third-order valence-electron chi connectivity index (χ3n) is 3.26. The first-order valence-corrected chi connectivity index (χ1v) is 7.04. The molecule has 0 aliphatic carbocycles. The van der Waals surface area contributed by atoms with Crippen LogP contribution in [0.3, 0.4) is 0 Å². The minimum Gasteiger partial charge on any atom is -0.492 e. The lowest BCUT2D eigenvalue weighted by atomic mass is 10.1. The molecule has 0 saturated heterocycles. The second-order valence-corrected chi connectivity index (χ2v) is 5.01. The molecule has 0 spiro atoms. The summed E-state index contributed by atoms with van der Waals surface area (Å²) in [6, 6.07) is 15.4. The van der Waals surface area contributed by atoms with Crippen molar-refractivity contribution in [2.45, 2.75) is 13.5 Å². The van der Waals surface area contributed by atoms with E-state index in [1.165, 1.54) is 5.56 Å². The molecule has 6 heteroatoms. The predicted molar refractivity (Wildman–Crippen MR) is 84.3 cm³/mol. The summed E-state index contributed by atoms with van der Waals surface area (Å²) in [6.07, 6.45) is 0. The zero-order valence-electron chi connectivity index (χ0n) is 12.3. The topological polar surface area (TPSA) is 78.8 Å². The number of tetrazole rings is 1. The van der Waals surface area contributed by atoms with Gasteiger partial charge >= 0.3 is 0 Å². The van der Waals surface area contributed by atoms with E-state index >= 15 is 0 Å². The first-order chi connectivity index (χ1) is 10.7. The third kappa shape index (κ3) is 3.22. The van der Waals surface area contributed by atoms with Crippen LogP contribution >= 0.6 is 0 Å². The first kappa shape index (κ1) is 14.1. The van der Waals surface area contributed by atoms with E-state index in [1.54, 1.807) is 4.68 Å². The number of nitrogens with zero attached hydrogens (tertiary/aromatic N) is 4. The van der Waals surface area contributed by atoms with Gasteiger partial charge in [-0.25, -0.2) is 4.68 Å². The Morgan fingerprint density at radius 2 is 1.95 bits per heavy atom. The largest absolute Gasteiger partial charge is 0.492 e. The van der Waals surface area contributed by atoms with Crippen LogP contribution in [0.4, 0.5) is 5.69 Å². The fourth-order valence-electron chi connectivity index (χ4n) is 2.16. The third-order valence-corrected chi connectivity index (χ3v) is 3.26. The monoisotopic (exact) mass is 295 g/mol. The lowest BCUT2D eigenvalue weighted by Gasteiger charge is -2.08. The van der Waals surface area contributed by atoms with Gasteiger partial charge in [-0.15, -0.1) is 5.10 Å². The van der Waals surface area contributed by atoms with Gasteiger partial charge in [0.25, 0.3) is 0 Å². The molecule has 1 aromatic heterocycles. The number of nitrogen functional groups attached to an aromatic ring is 1. The summed E-state index contributed by atoms with van der Waals surface area (Å²) in [5.74, 6) is 1.52. The SMILES string of the molecule is Cc1cccc(-c2nnnn2CCOc2ccc(N)cc2)c1. The normalized spacial score (nSPS) is 10.6. The van der Waals surface area contributed by atoms with Gasteiger partial charge in [-0.05, 0) is 47.7 Å². The number of benzene rings is 2. The number of hydrogen-bond acceptors (Lipinski definition) is 5. The molecule has 1 heterocycles. The van der Waals surface area contributed by atoms with Gasteiger partial charge in [-0.1, -0.05) is 23.8 Å². The highest BCUT2D eigenvalue weighted by Gasteiger charge is 2.08. The van der Waals surface area contributed by atoms with E-state index in [0.29, 0.717) is 13.2 Å². The molecule has 112 valence electrons. The Bertz CT molecular complexity index is 751. The van der Waals surface area contributed by atoms with Gasteiger partial charge in [0.1, 0.15) is 12.4 Å². The van der Waals surface area contributed by atoms with E-state index < -0.39 is 0 Å². The molecule has 0 bridgehead atoms. The molecule has 0 radical (unpaired) electrons. The molecular weight excluding hydrogens is 278 g/mol. The molecule has 0 aliphatic rings. The molecule has 6 nitrogen and oxygen atoms in total. The van der Waals surface area contributed by atoms with Crippen LogP contribution < -0.4 is 10.5 Å². The lowest BCUT2D eigenvalue weighted by molar-refractivity contribution is 0.290. The standard InChI is InChI=1S/C16H17N5O/c1-12-3-2-4-13(11-12)16-18-19-20-21(16)9-10-22-15-7-5-14(17)6-8-15/h2-8,11H,9-10,17H2,1H3. The number of aryl methyl sites for hydroxylation is 1. The van der Waals surface area contributed by atoms with Crippen molar-refractivity contribution in [3.8, 4) is 17.1 Å². The lowest BCUT2D eigenvalue weighted by Crippen LogP contribution is -2.11. The molecule has 3 aromatic rings. The molecule has 2 N–H and O–H groups in total. The zero-order chi connectivity index (χ0) is 15.4. The highest BCUT2D eigenvalue weighted by Crippen LogP contribution is 2.17. The van der Waals surface area contributed by atoms with Crippen molar-refractivity contribution in [2.75, 3.05) is 12.3 Å². The molecule has 22 heavy (non-hydrogen) atoms. The minimum absolute atomic E-state index is 0.480. The van der Waals surface area contributed by atoms with Crippen LogP contribution in [-0.2, 0) is 6.54 Å². The first-order valence-electron chi connectivity index (χ1n) is 7.04. The Morgan fingerprint density at radius 1 is 1.14 bits per heavy atom. The summed E-state index contributed by atoms with van der Waals surface area (Å²) >= 11 is 0. The Hall–Kier alpha value is -2.89. The quantitative estimate of drug-likeness (QED) is 0.731. The molecule has 0 amide bonds. The number of ether oxygens (including phenoxy) is 1. The fraction of sp³-hybridized carbons (Fsp3) is 0.188. The van der Waals surface area contributed by atoms with E-state index in [0.717, 1.165) is 22.8 Å². The molecule has 0 unspecified atom stereocenters. The Labute approximate surface area is 128 Å². The molecular formula is C16H17N5O. The van der Waals surface area contributed by atoms with Crippen LogP contribution in [-0.4, -0.2) is 26.8 Å². The Kier molecular flexibility index (Phi) is 4.00. The van der Waals surface area contributed by atoms with Crippen LogP contribution in [0.15, 0.2) is 48.5 Å². The average molecular weight is 295 g/mol. The van der Waals surface area contributed by atoms with Gasteiger partial charge in [0.15, 0.2) is 5.82 Å². The van der Waals surface area contributed by atoms with Gasteiger partial charge in [-0.2, -0.15) is 0 Å². The average Bonchev–Trinajstić information content (AvgIpc) is 2.98. The van der Waals surface area contributed by atoms with Crippen molar-refractivity contribution in [3.05, 3.63) is 54.1 Å². The number of hydrogen-bond donors (Lipinski definition) is 1. The van der Waals surface area contributed by atoms with Gasteiger partial charge in [0.05, 0.1) is 6.54 Å². The summed E-state index contributed by atoms with van der Waals surface area (Å²) in [7, 11) is 0. The number of rotatable bonds is 5. The summed E-state index contributed by atoms with van der Waals surface area (Å²) in [6.45, 7) is 3.09. The summed E-state index contributed by atoms with van der Waals surface area (Å²) in [5.41, 5.74) is 8.53. The van der Waals surface area contributed by atoms with Crippen LogP contribution in [0.2, 0.25) is 0 Å². The van der Waals surface area contributed by atoms with E-state index in [-0.39, 0.29) is 0 Å². The van der Waals surface area contributed by atoms with Gasteiger partial charge in [-0.3, -0.25) is 0 Å². The maximum absolute atomic E-state index is 5.68. The summed E-state index contributed by atoms with van der Waals surface area (Å²) in [4.78, 5) is 0. The Morgan fingerprint density at radius 3 is 2.73 bits per heavy atom. The van der Waals surface area contributed by atoms with Gasteiger partial charge < -0.3 is 10.5 Å². The summed E-state index contributed by atoms with van der Waals surface area (Å²) < 4.78 is 7.42. The van der Waals surface area contributed by atoms with Crippen LogP contribution in [0.25, 0.3) is 11.4 Å². The molecule has 3 rings (SSSR count). The van der Waals surface area contributed by atoms with Crippen LogP contribution in [0.5, 0.6) is 5.75 Å². The van der Waals surface area contributed by atoms with E-state index in [2.05, 4.69) is 21.6 Å². The summed E-state index contributed by atoms with van der Waals surface area (Å²) in [5, 5.41) is 11.9. The highest BCUT2D eigenvalue weighted by molar-refractivity contribution is 5.55. The molecule has 2 aromatic carbocycles. The second-order valence-electron chi connectivity index (χ2n) is 5.01. The number of nitrogens with two attached hydrogens (primary N) is 1. The molecule has 0 atom stereocenters. The van der Waals surface area contributed by atoms with Crippen LogP contribution in [0.1, 0.15) is 5.56 Å². The predicted octanol–water partition coefficient (Wildman–Crippen LogP) is 2.31. The fourth-order valence-corrected chi connectivity index (χ4v) is 2.16. The minimum atomic E-state index is 0.480. The van der Waals surface area contributed by atoms with Crippen molar-refractivity contribution in [3.63, 3.8) is 0 Å². The molecule has 0 fully saturated rings. The van der Waals surface area contributed by atoms with E-state index in [1.807, 2.05) is 49.4 Å². The Balaban J connectivity index is 1.66. The second kappa shape index (κ2) is 6.26. The van der Waals surface area contributed by atoms with Crippen molar-refractivity contribution >= 4 is 5.69 Å². The molecule has 0 saturated carbocycles. The van der Waals surface area contributed by atoms with Crippen molar-refractivity contribution in [1.29, 1.82) is 0 Å². The van der Waals surface area contributed by atoms with Crippen LogP contribution in [0, 0.1) is 6.92 Å². The maximum Gasteiger partial charge on any atom is 0.182 e. The van der Waals surface area contributed by atoms with E-state index in [9.17, 15) is 0 Å².